The fraction of sp³-hybridized carbons (Fsp3) is 0.727. The van der Waals surface area contributed by atoms with Crippen LogP contribution in [0.3, 0.4) is 0 Å². The summed E-state index contributed by atoms with van der Waals surface area (Å²) in [6.45, 7) is 6.40. The summed E-state index contributed by atoms with van der Waals surface area (Å²) in [4.78, 5) is 0. The first kappa shape index (κ1) is 9.71. The maximum atomic E-state index is 5.27. The van der Waals surface area contributed by atoms with E-state index in [2.05, 4.69) is 17.4 Å². The molecule has 78 valence electrons. The largest absolute Gasteiger partial charge is 0.361 e. The second-order valence-corrected chi connectivity index (χ2v) is 3.98. The van der Waals surface area contributed by atoms with Gasteiger partial charge in [0.1, 0.15) is 5.76 Å². The van der Waals surface area contributed by atoms with E-state index in [1.54, 1.807) is 0 Å². The van der Waals surface area contributed by atoms with Crippen LogP contribution in [-0.2, 0) is 6.42 Å². The first-order valence-electron chi connectivity index (χ1n) is 5.48. The van der Waals surface area contributed by atoms with Crippen molar-refractivity contribution in [3.05, 3.63) is 17.0 Å². The van der Waals surface area contributed by atoms with E-state index in [0.29, 0.717) is 5.92 Å². The topological polar surface area (TPSA) is 38.1 Å². The number of rotatable bonds is 2. The van der Waals surface area contributed by atoms with Crippen LogP contribution in [-0.4, -0.2) is 18.2 Å². The summed E-state index contributed by atoms with van der Waals surface area (Å²) in [7, 11) is 0. The van der Waals surface area contributed by atoms with Gasteiger partial charge in [-0.2, -0.15) is 0 Å². The van der Waals surface area contributed by atoms with Crippen molar-refractivity contribution >= 4 is 0 Å². The van der Waals surface area contributed by atoms with Crippen molar-refractivity contribution in [2.24, 2.45) is 0 Å². The van der Waals surface area contributed by atoms with Gasteiger partial charge in [0.2, 0.25) is 0 Å². The SMILES string of the molecule is CCc1c(C2CCNCC2)noc1C. The zero-order chi connectivity index (χ0) is 9.97. The van der Waals surface area contributed by atoms with Crippen LogP contribution in [0.4, 0.5) is 0 Å². The number of hydrogen-bond acceptors (Lipinski definition) is 3. The van der Waals surface area contributed by atoms with Crippen molar-refractivity contribution in [3.63, 3.8) is 0 Å². The van der Waals surface area contributed by atoms with Crippen LogP contribution in [0.1, 0.15) is 42.7 Å². The Labute approximate surface area is 84.9 Å². The third-order valence-electron chi connectivity index (χ3n) is 3.09. The monoisotopic (exact) mass is 194 g/mol. The summed E-state index contributed by atoms with van der Waals surface area (Å²) in [6.07, 6.45) is 3.42. The molecule has 3 nitrogen and oxygen atoms in total. The molecule has 0 aromatic carbocycles. The second kappa shape index (κ2) is 4.13. The smallest absolute Gasteiger partial charge is 0.137 e. The third kappa shape index (κ3) is 1.69. The molecule has 1 fully saturated rings. The fourth-order valence-corrected chi connectivity index (χ4v) is 2.25. The molecule has 1 saturated heterocycles. The van der Waals surface area contributed by atoms with Crippen LogP contribution in [0.5, 0.6) is 0 Å². The summed E-state index contributed by atoms with van der Waals surface area (Å²) in [5.41, 5.74) is 2.54. The number of aromatic nitrogens is 1. The molecule has 1 aromatic heterocycles. The van der Waals surface area contributed by atoms with Gasteiger partial charge in [-0.1, -0.05) is 12.1 Å². The van der Waals surface area contributed by atoms with Crippen LogP contribution in [0, 0.1) is 6.92 Å². The Bertz CT molecular complexity index is 300. The molecular formula is C11H18N2O. The Morgan fingerprint density at radius 3 is 2.79 bits per heavy atom. The molecule has 0 bridgehead atoms. The maximum absolute atomic E-state index is 5.27. The summed E-state index contributed by atoms with van der Waals surface area (Å²) in [5.74, 6) is 1.62. The molecule has 1 aliphatic heterocycles. The molecule has 1 aromatic rings. The highest BCUT2D eigenvalue weighted by molar-refractivity contribution is 5.25. The van der Waals surface area contributed by atoms with Crippen LogP contribution in [0.25, 0.3) is 0 Å². The maximum Gasteiger partial charge on any atom is 0.137 e. The van der Waals surface area contributed by atoms with Gasteiger partial charge in [-0.3, -0.25) is 0 Å². The highest BCUT2D eigenvalue weighted by Crippen LogP contribution is 2.28. The molecule has 0 unspecified atom stereocenters. The number of aryl methyl sites for hydroxylation is 1. The van der Waals surface area contributed by atoms with E-state index < -0.39 is 0 Å². The number of hydrogen-bond donors (Lipinski definition) is 1. The van der Waals surface area contributed by atoms with E-state index in [0.717, 1.165) is 25.3 Å². The van der Waals surface area contributed by atoms with Crippen molar-refractivity contribution in [2.75, 3.05) is 13.1 Å². The van der Waals surface area contributed by atoms with Gasteiger partial charge in [-0.15, -0.1) is 0 Å². The van der Waals surface area contributed by atoms with Crippen molar-refractivity contribution in [2.45, 2.75) is 39.0 Å². The van der Waals surface area contributed by atoms with Crippen molar-refractivity contribution in [3.8, 4) is 0 Å². The Morgan fingerprint density at radius 2 is 2.14 bits per heavy atom. The van der Waals surface area contributed by atoms with Gasteiger partial charge in [0.05, 0.1) is 5.69 Å². The Hall–Kier alpha value is -0.830. The van der Waals surface area contributed by atoms with Crippen LogP contribution in [0.15, 0.2) is 4.52 Å². The lowest BCUT2D eigenvalue weighted by atomic mass is 9.91. The number of nitrogens with one attached hydrogen (secondary N) is 1. The molecule has 0 amide bonds. The van der Waals surface area contributed by atoms with Gasteiger partial charge in [0, 0.05) is 11.5 Å². The van der Waals surface area contributed by atoms with E-state index >= 15 is 0 Å². The molecule has 1 N–H and O–H groups in total. The molecule has 1 aliphatic rings. The molecular weight excluding hydrogens is 176 g/mol. The normalized spacial score (nSPS) is 18.7. The molecule has 0 radical (unpaired) electrons. The Kier molecular flexibility index (Phi) is 2.87. The van der Waals surface area contributed by atoms with Crippen molar-refractivity contribution in [1.82, 2.24) is 10.5 Å². The molecule has 3 heteroatoms. The third-order valence-corrected chi connectivity index (χ3v) is 3.09. The standard InChI is InChI=1S/C11H18N2O/c1-3-10-8(2)14-13-11(10)9-4-6-12-7-5-9/h9,12H,3-7H2,1-2H3. The van der Waals surface area contributed by atoms with E-state index in [9.17, 15) is 0 Å². The Morgan fingerprint density at radius 1 is 1.43 bits per heavy atom. The fourth-order valence-electron chi connectivity index (χ4n) is 2.25. The summed E-state index contributed by atoms with van der Waals surface area (Å²) in [6, 6.07) is 0. The van der Waals surface area contributed by atoms with Gasteiger partial charge in [-0.25, -0.2) is 0 Å². The number of piperidine rings is 1. The molecule has 2 rings (SSSR count). The minimum absolute atomic E-state index is 0.614. The van der Waals surface area contributed by atoms with Crippen LogP contribution < -0.4 is 5.32 Å². The average molecular weight is 194 g/mol. The average Bonchev–Trinajstić information content (AvgIpc) is 2.61. The van der Waals surface area contributed by atoms with Gasteiger partial charge >= 0.3 is 0 Å². The lowest BCUT2D eigenvalue weighted by Crippen LogP contribution is -2.27. The predicted octanol–water partition coefficient (Wildman–Crippen LogP) is 2.01. The Balaban J connectivity index is 2.21. The van der Waals surface area contributed by atoms with Gasteiger partial charge in [-0.05, 0) is 39.3 Å². The predicted molar refractivity (Wildman–Crippen MR) is 55.5 cm³/mol. The number of nitrogens with zero attached hydrogens (tertiary/aromatic N) is 1. The molecule has 14 heavy (non-hydrogen) atoms. The first-order chi connectivity index (χ1) is 6.83. The van der Waals surface area contributed by atoms with Gasteiger partial charge in [0.15, 0.2) is 0 Å². The van der Waals surface area contributed by atoms with Crippen molar-refractivity contribution < 1.29 is 4.52 Å². The minimum Gasteiger partial charge on any atom is -0.361 e. The molecule has 0 spiro atoms. The second-order valence-electron chi connectivity index (χ2n) is 3.98. The molecule has 2 heterocycles. The summed E-state index contributed by atoms with van der Waals surface area (Å²) in [5, 5.41) is 7.58. The first-order valence-corrected chi connectivity index (χ1v) is 5.48. The lowest BCUT2D eigenvalue weighted by Gasteiger charge is -2.21. The minimum atomic E-state index is 0.614. The molecule has 0 aliphatic carbocycles. The van der Waals surface area contributed by atoms with E-state index in [-0.39, 0.29) is 0 Å². The van der Waals surface area contributed by atoms with Gasteiger partial charge < -0.3 is 9.84 Å². The van der Waals surface area contributed by atoms with E-state index in [4.69, 9.17) is 4.52 Å². The van der Waals surface area contributed by atoms with E-state index in [1.165, 1.54) is 24.1 Å². The summed E-state index contributed by atoms with van der Waals surface area (Å²) >= 11 is 0. The van der Waals surface area contributed by atoms with E-state index in [1.807, 2.05) is 6.92 Å². The zero-order valence-electron chi connectivity index (χ0n) is 8.97. The molecule has 0 saturated carbocycles. The highest BCUT2D eigenvalue weighted by Gasteiger charge is 2.22. The van der Waals surface area contributed by atoms with Gasteiger partial charge in [0.25, 0.3) is 0 Å². The van der Waals surface area contributed by atoms with Crippen LogP contribution in [0.2, 0.25) is 0 Å². The quantitative estimate of drug-likeness (QED) is 0.782. The summed E-state index contributed by atoms with van der Waals surface area (Å²) < 4.78 is 5.27. The molecule has 0 atom stereocenters. The highest BCUT2D eigenvalue weighted by atomic mass is 16.5. The van der Waals surface area contributed by atoms with Crippen LogP contribution >= 0.6 is 0 Å². The van der Waals surface area contributed by atoms with Crippen molar-refractivity contribution in [1.29, 1.82) is 0 Å². The lowest BCUT2D eigenvalue weighted by molar-refractivity contribution is 0.371. The zero-order valence-corrected chi connectivity index (χ0v) is 8.97.